The average molecular weight is 405 g/mol. The van der Waals surface area contributed by atoms with E-state index in [9.17, 15) is 4.79 Å². The van der Waals surface area contributed by atoms with Crippen molar-refractivity contribution >= 4 is 5.91 Å². The quantitative estimate of drug-likeness (QED) is 0.703. The number of carbonyl (C=O) groups excluding carboxylic acids is 1. The van der Waals surface area contributed by atoms with E-state index in [0.29, 0.717) is 0 Å². The summed E-state index contributed by atoms with van der Waals surface area (Å²) in [6, 6.07) is 15.8. The van der Waals surface area contributed by atoms with Crippen molar-refractivity contribution in [2.75, 3.05) is 13.1 Å². The van der Waals surface area contributed by atoms with Gasteiger partial charge in [0.2, 0.25) is 5.91 Å². The number of fused-ring (bicyclic) bond motifs is 1. The van der Waals surface area contributed by atoms with Gasteiger partial charge in [-0.2, -0.15) is 0 Å². The van der Waals surface area contributed by atoms with Crippen LogP contribution >= 0.6 is 0 Å². The molecule has 1 N–H and O–H groups in total. The van der Waals surface area contributed by atoms with Gasteiger partial charge in [0.15, 0.2) is 0 Å². The van der Waals surface area contributed by atoms with Gasteiger partial charge in [-0.1, -0.05) is 55.0 Å². The van der Waals surface area contributed by atoms with Crippen molar-refractivity contribution in [2.45, 2.75) is 71.4 Å². The summed E-state index contributed by atoms with van der Waals surface area (Å²) in [7, 11) is 0. The molecule has 0 unspecified atom stereocenters. The Balaban J connectivity index is 1.30. The molecule has 1 heterocycles. The number of nitrogens with one attached hydrogen (secondary N) is 1. The molecule has 0 spiro atoms. The summed E-state index contributed by atoms with van der Waals surface area (Å²) >= 11 is 0. The van der Waals surface area contributed by atoms with Crippen molar-refractivity contribution in [3.8, 4) is 0 Å². The van der Waals surface area contributed by atoms with E-state index < -0.39 is 0 Å². The first-order chi connectivity index (χ1) is 14.6. The molecule has 1 saturated heterocycles. The van der Waals surface area contributed by atoms with E-state index in [1.165, 1.54) is 53.5 Å². The first kappa shape index (κ1) is 21.1. The van der Waals surface area contributed by atoms with Crippen LogP contribution < -0.4 is 5.32 Å². The highest BCUT2D eigenvalue weighted by atomic mass is 16.1. The third-order valence-electron chi connectivity index (χ3n) is 6.98. The highest BCUT2D eigenvalue weighted by Gasteiger charge is 2.27. The topological polar surface area (TPSA) is 32.3 Å². The lowest BCUT2D eigenvalue weighted by atomic mass is 9.88. The summed E-state index contributed by atoms with van der Waals surface area (Å²) in [5, 5.41) is 3.37. The second-order valence-electron chi connectivity index (χ2n) is 9.24. The molecule has 0 aromatic heterocycles. The summed E-state index contributed by atoms with van der Waals surface area (Å²) < 4.78 is 0. The predicted octanol–water partition coefficient (Wildman–Crippen LogP) is 5.35. The molecule has 30 heavy (non-hydrogen) atoms. The Bertz CT molecular complexity index is 850. The van der Waals surface area contributed by atoms with Gasteiger partial charge in [-0.05, 0) is 87.2 Å². The van der Waals surface area contributed by atoms with Gasteiger partial charge in [0, 0.05) is 12.5 Å². The van der Waals surface area contributed by atoms with Gasteiger partial charge in [0.1, 0.15) is 0 Å². The molecular weight excluding hydrogens is 368 g/mol. The van der Waals surface area contributed by atoms with Crippen LogP contribution in [0.25, 0.3) is 0 Å². The smallest absolute Gasteiger partial charge is 0.223 e. The van der Waals surface area contributed by atoms with Crippen LogP contribution in [-0.2, 0) is 24.2 Å². The Morgan fingerprint density at radius 2 is 1.73 bits per heavy atom. The molecule has 1 aliphatic carbocycles. The fraction of sp³-hybridized carbons (Fsp3) is 0.519. The molecule has 0 radical (unpaired) electrons. The maximum atomic E-state index is 13.0. The van der Waals surface area contributed by atoms with E-state index in [4.69, 9.17) is 0 Å². The van der Waals surface area contributed by atoms with E-state index in [-0.39, 0.29) is 17.9 Å². The second-order valence-corrected chi connectivity index (χ2v) is 9.24. The third-order valence-corrected chi connectivity index (χ3v) is 6.98. The number of nitrogens with zero attached hydrogens (tertiary/aromatic N) is 1. The largest absolute Gasteiger partial charge is 0.349 e. The van der Waals surface area contributed by atoms with Crippen molar-refractivity contribution in [3.05, 3.63) is 70.3 Å². The van der Waals surface area contributed by atoms with Crippen molar-refractivity contribution in [2.24, 2.45) is 5.92 Å². The highest BCUT2D eigenvalue weighted by Crippen LogP contribution is 2.27. The Morgan fingerprint density at radius 1 is 1.03 bits per heavy atom. The summed E-state index contributed by atoms with van der Waals surface area (Å²) in [5.74, 6) is 0.389. The Morgan fingerprint density at radius 3 is 2.43 bits per heavy atom. The number of benzene rings is 2. The summed E-state index contributed by atoms with van der Waals surface area (Å²) in [4.78, 5) is 15.5. The van der Waals surface area contributed by atoms with Crippen LogP contribution in [0.3, 0.4) is 0 Å². The van der Waals surface area contributed by atoms with Crippen molar-refractivity contribution < 1.29 is 4.79 Å². The number of piperidine rings is 1. The van der Waals surface area contributed by atoms with Crippen molar-refractivity contribution in [3.63, 3.8) is 0 Å². The first-order valence-electron chi connectivity index (χ1n) is 11.8. The van der Waals surface area contributed by atoms with Crippen LogP contribution in [0.5, 0.6) is 0 Å². The standard InChI is InChI=1S/C27H36N2O/c1-3-26(25-13-12-22-6-4-5-7-24(22)18-25)28-27(30)23-14-16-29(17-15-23)19-21-10-8-20(2)9-11-21/h8-13,18,23,26H,3-7,14-17,19H2,1-2H3,(H,28,30)/t26-/m1/s1. The second kappa shape index (κ2) is 9.78. The number of amides is 1. The number of likely N-dealkylation sites (tertiary alicyclic amines) is 1. The van der Waals surface area contributed by atoms with Gasteiger partial charge in [-0.3, -0.25) is 9.69 Å². The third kappa shape index (κ3) is 5.13. The number of aryl methyl sites for hydroxylation is 3. The first-order valence-corrected chi connectivity index (χ1v) is 11.8. The molecule has 0 bridgehead atoms. The Hall–Kier alpha value is -2.13. The van der Waals surface area contributed by atoms with E-state index in [0.717, 1.165) is 38.9 Å². The van der Waals surface area contributed by atoms with Gasteiger partial charge < -0.3 is 5.32 Å². The number of rotatable bonds is 6. The molecule has 160 valence electrons. The minimum Gasteiger partial charge on any atom is -0.349 e. The van der Waals surface area contributed by atoms with Crippen LogP contribution in [0.15, 0.2) is 42.5 Å². The molecule has 2 aromatic carbocycles. The molecular formula is C27H36N2O. The van der Waals surface area contributed by atoms with Crippen LogP contribution in [0.4, 0.5) is 0 Å². The van der Waals surface area contributed by atoms with Gasteiger partial charge >= 0.3 is 0 Å². The Kier molecular flexibility index (Phi) is 6.89. The zero-order valence-electron chi connectivity index (χ0n) is 18.6. The molecule has 1 amide bonds. The molecule has 3 nitrogen and oxygen atoms in total. The zero-order chi connectivity index (χ0) is 20.9. The van der Waals surface area contributed by atoms with Crippen LogP contribution in [-0.4, -0.2) is 23.9 Å². The van der Waals surface area contributed by atoms with Gasteiger partial charge in [-0.25, -0.2) is 0 Å². The van der Waals surface area contributed by atoms with Crippen molar-refractivity contribution in [1.29, 1.82) is 0 Å². The molecule has 3 heteroatoms. The van der Waals surface area contributed by atoms with E-state index >= 15 is 0 Å². The average Bonchev–Trinajstić information content (AvgIpc) is 2.79. The predicted molar refractivity (Wildman–Crippen MR) is 123 cm³/mol. The summed E-state index contributed by atoms with van der Waals surface area (Å²) in [5.41, 5.74) is 6.95. The molecule has 4 rings (SSSR count). The molecule has 1 atom stereocenters. The SMILES string of the molecule is CC[C@@H](NC(=O)C1CCN(Cc2ccc(C)cc2)CC1)c1ccc2c(c1)CCCC2. The van der Waals surface area contributed by atoms with Gasteiger partial charge in [0.05, 0.1) is 6.04 Å². The molecule has 2 aromatic rings. The molecule has 0 saturated carbocycles. The zero-order valence-corrected chi connectivity index (χ0v) is 18.6. The molecule has 1 fully saturated rings. The summed E-state index contributed by atoms with van der Waals surface area (Å²) in [6.45, 7) is 7.29. The van der Waals surface area contributed by atoms with Crippen LogP contribution in [0, 0.1) is 12.8 Å². The monoisotopic (exact) mass is 404 g/mol. The number of hydrogen-bond donors (Lipinski definition) is 1. The minimum absolute atomic E-state index is 0.135. The fourth-order valence-corrected chi connectivity index (χ4v) is 4.99. The van der Waals surface area contributed by atoms with E-state index in [1.807, 2.05) is 0 Å². The normalized spacial score (nSPS) is 18.6. The lowest BCUT2D eigenvalue weighted by molar-refractivity contribution is -0.127. The maximum Gasteiger partial charge on any atom is 0.223 e. The van der Waals surface area contributed by atoms with Crippen LogP contribution in [0.2, 0.25) is 0 Å². The summed E-state index contributed by atoms with van der Waals surface area (Å²) in [6.07, 6.45) is 7.85. The lowest BCUT2D eigenvalue weighted by Gasteiger charge is -2.32. The van der Waals surface area contributed by atoms with E-state index in [1.54, 1.807) is 0 Å². The fourth-order valence-electron chi connectivity index (χ4n) is 4.99. The lowest BCUT2D eigenvalue weighted by Crippen LogP contribution is -2.41. The maximum absolute atomic E-state index is 13.0. The highest BCUT2D eigenvalue weighted by molar-refractivity contribution is 5.79. The number of carbonyl (C=O) groups is 1. The van der Waals surface area contributed by atoms with Crippen LogP contribution in [0.1, 0.15) is 72.9 Å². The molecule has 1 aliphatic heterocycles. The molecule has 2 aliphatic rings. The number of hydrogen-bond acceptors (Lipinski definition) is 2. The van der Waals surface area contributed by atoms with Crippen molar-refractivity contribution in [1.82, 2.24) is 10.2 Å². The van der Waals surface area contributed by atoms with Gasteiger partial charge in [0.25, 0.3) is 0 Å². The Labute approximate surface area is 181 Å². The van der Waals surface area contributed by atoms with Gasteiger partial charge in [-0.15, -0.1) is 0 Å². The van der Waals surface area contributed by atoms with E-state index in [2.05, 4.69) is 66.5 Å². The minimum atomic E-state index is 0.135.